The highest BCUT2D eigenvalue weighted by Crippen LogP contribution is 2.13. The average molecular weight is 255 g/mol. The van der Waals surface area contributed by atoms with Gasteiger partial charge in [-0.15, -0.1) is 6.58 Å². The molecule has 4 nitrogen and oxygen atoms in total. The van der Waals surface area contributed by atoms with Gasteiger partial charge in [-0.1, -0.05) is 6.08 Å². The van der Waals surface area contributed by atoms with Gasteiger partial charge in [0, 0.05) is 0 Å². The monoisotopic (exact) mass is 255 g/mol. The number of hydrogen-bond donors (Lipinski definition) is 2. The van der Waals surface area contributed by atoms with Crippen LogP contribution in [0.1, 0.15) is 16.8 Å². The van der Waals surface area contributed by atoms with E-state index < -0.39 is 35.1 Å². The highest BCUT2D eigenvalue weighted by molar-refractivity contribution is 6.01. The van der Waals surface area contributed by atoms with Crippen LogP contribution in [0.25, 0.3) is 0 Å². The summed E-state index contributed by atoms with van der Waals surface area (Å²) in [4.78, 5) is 22.4. The van der Waals surface area contributed by atoms with Crippen LogP contribution in [0, 0.1) is 11.6 Å². The first-order chi connectivity index (χ1) is 8.45. The number of carboxylic acid groups (broad SMARTS) is 1. The standard InChI is InChI=1S/C12H11F2NO3/c1-2-3-10(15-12(17)18)11(16)8-6-7(13)4-5-9(8)14/h2,4-6,10,15H,1,3H2,(H,17,18). The van der Waals surface area contributed by atoms with Gasteiger partial charge in [0.15, 0.2) is 5.78 Å². The molecule has 0 aliphatic heterocycles. The zero-order valence-corrected chi connectivity index (χ0v) is 9.32. The van der Waals surface area contributed by atoms with Crippen LogP contribution in [0.4, 0.5) is 13.6 Å². The summed E-state index contributed by atoms with van der Waals surface area (Å²) in [5, 5.41) is 10.5. The van der Waals surface area contributed by atoms with E-state index in [0.717, 1.165) is 18.2 Å². The molecule has 0 saturated heterocycles. The lowest BCUT2D eigenvalue weighted by molar-refractivity contribution is 0.0933. The topological polar surface area (TPSA) is 66.4 Å². The Morgan fingerprint density at radius 3 is 2.67 bits per heavy atom. The lowest BCUT2D eigenvalue weighted by Crippen LogP contribution is -2.40. The maximum absolute atomic E-state index is 13.4. The third kappa shape index (κ3) is 3.38. The first-order valence-corrected chi connectivity index (χ1v) is 5.05. The molecular formula is C12H11F2NO3. The van der Waals surface area contributed by atoms with Crippen molar-refractivity contribution in [3.05, 3.63) is 48.1 Å². The lowest BCUT2D eigenvalue weighted by atomic mass is 10.0. The fourth-order valence-corrected chi connectivity index (χ4v) is 1.42. The first kappa shape index (κ1) is 13.8. The third-order valence-electron chi connectivity index (χ3n) is 2.21. The van der Waals surface area contributed by atoms with E-state index in [0.29, 0.717) is 0 Å². The highest BCUT2D eigenvalue weighted by atomic mass is 19.1. The Kier molecular flexibility index (Phi) is 4.53. The highest BCUT2D eigenvalue weighted by Gasteiger charge is 2.23. The Labute approximate surface area is 102 Å². The minimum atomic E-state index is -1.42. The third-order valence-corrected chi connectivity index (χ3v) is 2.21. The molecule has 0 fully saturated rings. The van der Waals surface area contributed by atoms with Gasteiger partial charge in [-0.2, -0.15) is 0 Å². The summed E-state index contributed by atoms with van der Waals surface area (Å²) < 4.78 is 26.3. The molecular weight excluding hydrogens is 244 g/mol. The van der Waals surface area contributed by atoms with Gasteiger partial charge in [0.05, 0.1) is 11.6 Å². The summed E-state index contributed by atoms with van der Waals surface area (Å²) in [5.74, 6) is -2.51. The van der Waals surface area contributed by atoms with Gasteiger partial charge in [0.1, 0.15) is 11.6 Å². The fourth-order valence-electron chi connectivity index (χ4n) is 1.42. The molecule has 0 saturated carbocycles. The van der Waals surface area contributed by atoms with Crippen molar-refractivity contribution < 1.29 is 23.5 Å². The second-order valence-electron chi connectivity index (χ2n) is 3.51. The molecule has 0 aliphatic carbocycles. The van der Waals surface area contributed by atoms with Crippen LogP contribution in [0.2, 0.25) is 0 Å². The van der Waals surface area contributed by atoms with Crippen LogP contribution in [0.5, 0.6) is 0 Å². The SMILES string of the molecule is C=CCC(NC(=O)O)C(=O)c1cc(F)ccc1F. The largest absolute Gasteiger partial charge is 0.465 e. The van der Waals surface area contributed by atoms with Gasteiger partial charge in [-0.3, -0.25) is 4.79 Å². The molecule has 2 N–H and O–H groups in total. The summed E-state index contributed by atoms with van der Waals surface area (Å²) >= 11 is 0. The van der Waals surface area contributed by atoms with Crippen LogP contribution < -0.4 is 5.32 Å². The van der Waals surface area contributed by atoms with Crippen molar-refractivity contribution in [2.75, 3.05) is 0 Å². The van der Waals surface area contributed by atoms with Crippen molar-refractivity contribution >= 4 is 11.9 Å². The Morgan fingerprint density at radius 1 is 1.44 bits per heavy atom. The molecule has 1 aromatic rings. The number of amides is 1. The van der Waals surface area contributed by atoms with Crippen LogP contribution in [-0.4, -0.2) is 23.0 Å². The molecule has 0 heterocycles. The van der Waals surface area contributed by atoms with Crippen molar-refractivity contribution in [2.24, 2.45) is 0 Å². The summed E-state index contributed by atoms with van der Waals surface area (Å²) in [6, 6.07) is 1.24. The van der Waals surface area contributed by atoms with E-state index in [2.05, 4.69) is 6.58 Å². The van der Waals surface area contributed by atoms with Crippen molar-refractivity contribution in [1.29, 1.82) is 0 Å². The van der Waals surface area contributed by atoms with E-state index >= 15 is 0 Å². The minimum absolute atomic E-state index is 0.0128. The van der Waals surface area contributed by atoms with Gasteiger partial charge >= 0.3 is 6.09 Å². The van der Waals surface area contributed by atoms with Gasteiger partial charge < -0.3 is 10.4 Å². The second-order valence-corrected chi connectivity index (χ2v) is 3.51. The molecule has 0 aliphatic rings. The van der Waals surface area contributed by atoms with Crippen molar-refractivity contribution in [1.82, 2.24) is 5.32 Å². The zero-order chi connectivity index (χ0) is 13.7. The normalized spacial score (nSPS) is 11.7. The molecule has 18 heavy (non-hydrogen) atoms. The predicted octanol–water partition coefficient (Wildman–Crippen LogP) is 2.36. The van der Waals surface area contributed by atoms with Gasteiger partial charge in [0.2, 0.25) is 0 Å². The zero-order valence-electron chi connectivity index (χ0n) is 9.32. The van der Waals surface area contributed by atoms with E-state index in [4.69, 9.17) is 5.11 Å². The molecule has 96 valence electrons. The van der Waals surface area contributed by atoms with E-state index in [-0.39, 0.29) is 6.42 Å². The number of hydrogen-bond acceptors (Lipinski definition) is 2. The Balaban J connectivity index is 3.04. The number of rotatable bonds is 5. The van der Waals surface area contributed by atoms with E-state index in [1.807, 2.05) is 5.32 Å². The van der Waals surface area contributed by atoms with Gasteiger partial charge in [0.25, 0.3) is 0 Å². The van der Waals surface area contributed by atoms with E-state index in [9.17, 15) is 18.4 Å². The number of nitrogens with one attached hydrogen (secondary N) is 1. The molecule has 1 amide bonds. The predicted molar refractivity (Wildman–Crippen MR) is 60.5 cm³/mol. The number of benzene rings is 1. The molecule has 1 unspecified atom stereocenters. The minimum Gasteiger partial charge on any atom is -0.465 e. The van der Waals surface area contributed by atoms with Crippen LogP contribution >= 0.6 is 0 Å². The van der Waals surface area contributed by atoms with Crippen LogP contribution in [0.3, 0.4) is 0 Å². The maximum atomic E-state index is 13.4. The van der Waals surface area contributed by atoms with Gasteiger partial charge in [-0.05, 0) is 24.6 Å². The number of carbonyl (C=O) groups is 2. The average Bonchev–Trinajstić information content (AvgIpc) is 2.30. The molecule has 1 rings (SSSR count). The number of halogens is 2. The smallest absolute Gasteiger partial charge is 0.405 e. The quantitative estimate of drug-likeness (QED) is 0.627. The molecule has 1 atom stereocenters. The molecule has 0 spiro atoms. The maximum Gasteiger partial charge on any atom is 0.405 e. The number of Topliss-reactive ketones (excluding diaryl/α,β-unsaturated/α-hetero) is 1. The molecule has 0 radical (unpaired) electrons. The fraction of sp³-hybridized carbons (Fsp3) is 0.167. The van der Waals surface area contributed by atoms with E-state index in [1.165, 1.54) is 6.08 Å². The Hall–Kier alpha value is -2.24. The summed E-state index contributed by atoms with van der Waals surface area (Å²) in [7, 11) is 0. The molecule has 1 aromatic carbocycles. The van der Waals surface area contributed by atoms with Crippen molar-refractivity contribution in [3.8, 4) is 0 Å². The van der Waals surface area contributed by atoms with Crippen LogP contribution in [-0.2, 0) is 0 Å². The number of carbonyl (C=O) groups excluding carboxylic acids is 1. The summed E-state index contributed by atoms with van der Waals surface area (Å²) in [5.41, 5.74) is -0.490. The molecule has 0 aromatic heterocycles. The molecule has 0 bridgehead atoms. The molecule has 6 heteroatoms. The number of ketones is 1. The summed E-state index contributed by atoms with van der Waals surface area (Å²) in [6.45, 7) is 3.37. The van der Waals surface area contributed by atoms with Gasteiger partial charge in [-0.25, -0.2) is 13.6 Å². The first-order valence-electron chi connectivity index (χ1n) is 5.05. The second kappa shape index (κ2) is 5.90. The van der Waals surface area contributed by atoms with E-state index in [1.54, 1.807) is 0 Å². The Morgan fingerprint density at radius 2 is 2.11 bits per heavy atom. The van der Waals surface area contributed by atoms with Crippen molar-refractivity contribution in [2.45, 2.75) is 12.5 Å². The Bertz CT molecular complexity index is 488. The lowest BCUT2D eigenvalue weighted by Gasteiger charge is -2.14. The van der Waals surface area contributed by atoms with Crippen LogP contribution in [0.15, 0.2) is 30.9 Å². The van der Waals surface area contributed by atoms with Crippen molar-refractivity contribution in [3.63, 3.8) is 0 Å². The summed E-state index contributed by atoms with van der Waals surface area (Å²) in [6.07, 6.45) is -0.122.